The number of thiazole rings is 1. The van der Waals surface area contributed by atoms with E-state index in [1.807, 2.05) is 24.3 Å². The fourth-order valence-corrected chi connectivity index (χ4v) is 3.84. The van der Waals surface area contributed by atoms with Crippen LogP contribution in [0.15, 0.2) is 34.8 Å². The van der Waals surface area contributed by atoms with Gasteiger partial charge in [0, 0.05) is 12.1 Å². The van der Waals surface area contributed by atoms with Gasteiger partial charge in [-0.1, -0.05) is 6.08 Å². The lowest BCUT2D eigenvalue weighted by atomic mass is 10.2. The number of ether oxygens (including phenoxy) is 2. The minimum Gasteiger partial charge on any atom is -0.454 e. The maximum atomic E-state index is 10.8. The highest BCUT2D eigenvalue weighted by atomic mass is 79.9. The maximum absolute atomic E-state index is 10.8. The van der Waals surface area contributed by atoms with Crippen molar-refractivity contribution in [3.63, 3.8) is 0 Å². The van der Waals surface area contributed by atoms with Gasteiger partial charge in [0.25, 0.3) is 5.69 Å². The summed E-state index contributed by atoms with van der Waals surface area (Å²) in [6, 6.07) is 8.49. The number of hydrogen-bond acceptors (Lipinski definition) is 6. The Morgan fingerprint density at radius 1 is 1.25 bits per heavy atom. The van der Waals surface area contributed by atoms with Crippen LogP contribution in [0.5, 0.6) is 11.5 Å². The average molecular weight is 405 g/mol. The van der Waals surface area contributed by atoms with Crippen LogP contribution in [0.2, 0.25) is 0 Å². The van der Waals surface area contributed by atoms with Crippen LogP contribution in [0.25, 0.3) is 22.4 Å². The predicted octanol–water partition coefficient (Wildman–Crippen LogP) is 4.87. The molecule has 1 aromatic heterocycles. The summed E-state index contributed by atoms with van der Waals surface area (Å²) in [6.45, 7) is 0.220. The Balaban J connectivity index is 1.65. The lowest BCUT2D eigenvalue weighted by Crippen LogP contribution is -1.93. The predicted molar refractivity (Wildman–Crippen MR) is 95.5 cm³/mol. The molecule has 1 aliphatic heterocycles. The van der Waals surface area contributed by atoms with E-state index in [-0.39, 0.29) is 12.5 Å². The Hall–Kier alpha value is -2.45. The van der Waals surface area contributed by atoms with E-state index in [2.05, 4.69) is 20.9 Å². The third-order valence-electron chi connectivity index (χ3n) is 3.47. The molecule has 0 saturated carbocycles. The first-order valence-electron chi connectivity index (χ1n) is 6.92. The SMILES string of the molecule is O=[N+]([O-])c1ccc2nc(C=Cc3cc(Br)c4c(c3)OCO4)sc2c1. The van der Waals surface area contributed by atoms with Gasteiger partial charge in [0.1, 0.15) is 5.01 Å². The van der Waals surface area contributed by atoms with E-state index in [1.54, 1.807) is 12.1 Å². The van der Waals surface area contributed by atoms with Crippen molar-refractivity contribution in [1.82, 2.24) is 4.98 Å². The molecule has 4 rings (SSSR count). The standard InChI is InChI=1S/C16H9BrN2O4S/c17-11-5-9(6-13-16(11)23-8-22-13)1-4-15-18-12-3-2-10(19(20)21)7-14(12)24-15/h1-7H,8H2. The summed E-state index contributed by atoms with van der Waals surface area (Å²) in [5.74, 6) is 1.41. The normalized spacial score (nSPS) is 13.0. The molecule has 0 aliphatic carbocycles. The van der Waals surface area contributed by atoms with Crippen molar-refractivity contribution >= 4 is 55.3 Å². The van der Waals surface area contributed by atoms with Crippen molar-refractivity contribution in [2.75, 3.05) is 6.79 Å². The first-order chi connectivity index (χ1) is 11.6. The molecule has 0 saturated heterocycles. The minimum atomic E-state index is -0.404. The summed E-state index contributed by atoms with van der Waals surface area (Å²) in [7, 11) is 0. The summed E-state index contributed by atoms with van der Waals surface area (Å²) in [6.07, 6.45) is 3.79. The molecule has 0 bridgehead atoms. The van der Waals surface area contributed by atoms with Crippen LogP contribution in [0.4, 0.5) is 5.69 Å². The zero-order valence-corrected chi connectivity index (χ0v) is 14.5. The van der Waals surface area contributed by atoms with Crippen LogP contribution in [-0.2, 0) is 0 Å². The molecular weight excluding hydrogens is 396 g/mol. The van der Waals surface area contributed by atoms with Gasteiger partial charge in [0.2, 0.25) is 6.79 Å². The second kappa shape index (κ2) is 5.88. The monoisotopic (exact) mass is 404 g/mol. The van der Waals surface area contributed by atoms with Crippen LogP contribution in [-0.4, -0.2) is 16.7 Å². The molecule has 0 unspecified atom stereocenters. The van der Waals surface area contributed by atoms with Crippen molar-refractivity contribution in [1.29, 1.82) is 0 Å². The highest BCUT2D eigenvalue weighted by Crippen LogP contribution is 2.40. The fourth-order valence-electron chi connectivity index (χ4n) is 2.37. The van der Waals surface area contributed by atoms with E-state index < -0.39 is 4.92 Å². The number of hydrogen-bond donors (Lipinski definition) is 0. The second-order valence-electron chi connectivity index (χ2n) is 5.03. The van der Waals surface area contributed by atoms with Gasteiger partial charge in [0.15, 0.2) is 11.5 Å². The lowest BCUT2D eigenvalue weighted by molar-refractivity contribution is -0.384. The summed E-state index contributed by atoms with van der Waals surface area (Å²) in [5, 5.41) is 11.6. The van der Waals surface area contributed by atoms with E-state index in [1.165, 1.54) is 17.4 Å². The zero-order chi connectivity index (χ0) is 16.7. The zero-order valence-electron chi connectivity index (χ0n) is 12.1. The van der Waals surface area contributed by atoms with Crippen LogP contribution in [0.1, 0.15) is 10.6 Å². The van der Waals surface area contributed by atoms with Gasteiger partial charge in [-0.05, 0) is 45.8 Å². The van der Waals surface area contributed by atoms with Crippen molar-refractivity contribution in [2.24, 2.45) is 0 Å². The van der Waals surface area contributed by atoms with Gasteiger partial charge in [-0.15, -0.1) is 11.3 Å². The number of nitro groups is 1. The number of benzene rings is 2. The molecule has 6 nitrogen and oxygen atoms in total. The third kappa shape index (κ3) is 2.74. The molecule has 0 N–H and O–H groups in total. The van der Waals surface area contributed by atoms with Gasteiger partial charge < -0.3 is 9.47 Å². The van der Waals surface area contributed by atoms with E-state index in [0.29, 0.717) is 11.5 Å². The molecule has 0 fully saturated rings. The Morgan fingerprint density at radius 2 is 2.12 bits per heavy atom. The largest absolute Gasteiger partial charge is 0.454 e. The lowest BCUT2D eigenvalue weighted by Gasteiger charge is -2.00. The van der Waals surface area contributed by atoms with Crippen molar-refractivity contribution in [3.8, 4) is 11.5 Å². The number of nitro benzene ring substituents is 1. The number of aromatic nitrogens is 1. The van der Waals surface area contributed by atoms with Gasteiger partial charge >= 0.3 is 0 Å². The topological polar surface area (TPSA) is 74.5 Å². The second-order valence-corrected chi connectivity index (χ2v) is 6.95. The molecule has 8 heteroatoms. The van der Waals surface area contributed by atoms with Gasteiger partial charge in [-0.3, -0.25) is 10.1 Å². The molecule has 0 amide bonds. The van der Waals surface area contributed by atoms with Gasteiger partial charge in [0.05, 0.1) is 19.6 Å². The number of non-ortho nitro benzene ring substituents is 1. The number of fused-ring (bicyclic) bond motifs is 2. The van der Waals surface area contributed by atoms with Crippen LogP contribution in [0, 0.1) is 10.1 Å². The molecule has 3 aromatic rings. The Bertz CT molecular complexity index is 999. The third-order valence-corrected chi connectivity index (χ3v) is 5.04. The van der Waals surface area contributed by atoms with Gasteiger partial charge in [-0.2, -0.15) is 0 Å². The van der Waals surface area contributed by atoms with E-state index in [4.69, 9.17) is 9.47 Å². The Labute approximate surface area is 148 Å². The van der Waals surface area contributed by atoms with E-state index in [0.717, 1.165) is 25.3 Å². The number of halogens is 1. The van der Waals surface area contributed by atoms with E-state index in [9.17, 15) is 10.1 Å². The highest BCUT2D eigenvalue weighted by Gasteiger charge is 2.17. The van der Waals surface area contributed by atoms with Crippen LogP contribution >= 0.6 is 27.3 Å². The molecular formula is C16H9BrN2O4S. The first-order valence-corrected chi connectivity index (χ1v) is 8.53. The summed E-state index contributed by atoms with van der Waals surface area (Å²) in [5.41, 5.74) is 1.76. The quantitative estimate of drug-likeness (QED) is 0.459. The maximum Gasteiger partial charge on any atom is 0.270 e. The summed E-state index contributed by atoms with van der Waals surface area (Å²) in [4.78, 5) is 14.9. The molecule has 2 aromatic carbocycles. The first kappa shape index (κ1) is 15.1. The van der Waals surface area contributed by atoms with Crippen molar-refractivity contribution < 1.29 is 14.4 Å². The molecule has 2 heterocycles. The molecule has 1 aliphatic rings. The molecule has 0 atom stereocenters. The molecule has 0 radical (unpaired) electrons. The Morgan fingerprint density at radius 3 is 2.96 bits per heavy atom. The smallest absolute Gasteiger partial charge is 0.270 e. The van der Waals surface area contributed by atoms with Crippen LogP contribution in [0.3, 0.4) is 0 Å². The summed E-state index contributed by atoms with van der Waals surface area (Å²) >= 11 is 4.87. The highest BCUT2D eigenvalue weighted by molar-refractivity contribution is 9.10. The van der Waals surface area contributed by atoms with Crippen LogP contribution < -0.4 is 9.47 Å². The van der Waals surface area contributed by atoms with Crippen molar-refractivity contribution in [3.05, 3.63) is 55.5 Å². The van der Waals surface area contributed by atoms with E-state index >= 15 is 0 Å². The summed E-state index contributed by atoms with van der Waals surface area (Å²) < 4.78 is 12.4. The number of rotatable bonds is 3. The minimum absolute atomic E-state index is 0.0707. The molecule has 24 heavy (non-hydrogen) atoms. The Kier molecular flexibility index (Phi) is 3.70. The molecule has 120 valence electrons. The molecule has 0 spiro atoms. The van der Waals surface area contributed by atoms with Gasteiger partial charge in [-0.25, -0.2) is 4.98 Å². The average Bonchev–Trinajstić information content (AvgIpc) is 3.18. The number of nitrogens with zero attached hydrogens (tertiary/aromatic N) is 2. The van der Waals surface area contributed by atoms with Crippen molar-refractivity contribution in [2.45, 2.75) is 0 Å². The fraction of sp³-hybridized carbons (Fsp3) is 0.0625.